The van der Waals surface area contributed by atoms with Gasteiger partial charge in [0, 0.05) is 36.4 Å². The number of carbonyl (C=O) groups is 1. The third-order valence-electron chi connectivity index (χ3n) is 4.31. The number of pyridine rings is 1. The Hall–Kier alpha value is -4.26. The van der Waals surface area contributed by atoms with Gasteiger partial charge in [0.15, 0.2) is 23.0 Å². The minimum absolute atomic E-state index is 0.0228. The number of alkyl halides is 3. The Morgan fingerprint density at radius 3 is 2.50 bits per heavy atom. The van der Waals surface area contributed by atoms with Crippen LogP contribution in [0.4, 0.5) is 29.1 Å². The van der Waals surface area contributed by atoms with Gasteiger partial charge in [-0.2, -0.15) is 23.0 Å². The first-order valence-electron chi connectivity index (χ1n) is 9.26. The number of nitrogens with zero attached hydrogens (tertiary/aromatic N) is 5. The molecule has 0 saturated heterocycles. The number of amides is 1. The van der Waals surface area contributed by atoms with Crippen LogP contribution in [0.2, 0.25) is 5.02 Å². The van der Waals surface area contributed by atoms with Crippen molar-refractivity contribution in [2.24, 2.45) is 0 Å². The van der Waals surface area contributed by atoms with Crippen LogP contribution in [0.1, 0.15) is 16.1 Å². The molecule has 4 aromatic rings. The molecule has 1 aromatic carbocycles. The van der Waals surface area contributed by atoms with Crippen LogP contribution in [0.15, 0.2) is 55.1 Å². The van der Waals surface area contributed by atoms with Gasteiger partial charge in [-0.25, -0.2) is 19.3 Å². The SMILES string of the molecule is Nc1nccc(Oc2ccc(NC(=O)c3cnn(-c4ncccn4)c3C(F)(F)F)cc2F)c1Cl. The van der Waals surface area contributed by atoms with E-state index >= 15 is 0 Å². The molecule has 0 atom stereocenters. The molecule has 9 nitrogen and oxygen atoms in total. The Labute approximate surface area is 193 Å². The van der Waals surface area contributed by atoms with Crippen molar-refractivity contribution < 1.29 is 27.1 Å². The van der Waals surface area contributed by atoms with Crippen LogP contribution in [0.25, 0.3) is 5.95 Å². The monoisotopic (exact) mass is 493 g/mol. The van der Waals surface area contributed by atoms with E-state index in [1.54, 1.807) is 0 Å². The number of benzene rings is 1. The molecule has 3 N–H and O–H groups in total. The number of halogens is 5. The molecule has 14 heteroatoms. The fourth-order valence-electron chi connectivity index (χ4n) is 2.84. The fraction of sp³-hybridized carbons (Fsp3) is 0.0500. The summed E-state index contributed by atoms with van der Waals surface area (Å²) in [5, 5.41) is 5.77. The van der Waals surface area contributed by atoms with Crippen LogP contribution < -0.4 is 15.8 Å². The van der Waals surface area contributed by atoms with Gasteiger partial charge < -0.3 is 15.8 Å². The van der Waals surface area contributed by atoms with E-state index in [1.807, 2.05) is 0 Å². The number of hydrogen-bond donors (Lipinski definition) is 2. The molecule has 0 aliphatic heterocycles. The average molecular weight is 494 g/mol. The minimum atomic E-state index is -4.96. The van der Waals surface area contributed by atoms with Crippen LogP contribution in [-0.2, 0) is 6.18 Å². The molecule has 1 amide bonds. The van der Waals surface area contributed by atoms with E-state index in [9.17, 15) is 22.4 Å². The molecule has 0 bridgehead atoms. The summed E-state index contributed by atoms with van der Waals surface area (Å²) in [5.74, 6) is -2.73. The molecule has 0 spiro atoms. The molecule has 3 aromatic heterocycles. The second kappa shape index (κ2) is 8.94. The van der Waals surface area contributed by atoms with E-state index in [1.165, 1.54) is 36.8 Å². The highest BCUT2D eigenvalue weighted by atomic mass is 35.5. The zero-order valence-corrected chi connectivity index (χ0v) is 17.5. The van der Waals surface area contributed by atoms with Gasteiger partial charge in [0.05, 0.1) is 11.8 Å². The molecular weight excluding hydrogens is 482 g/mol. The van der Waals surface area contributed by atoms with Crippen molar-refractivity contribution in [1.82, 2.24) is 24.7 Å². The largest absolute Gasteiger partial charge is 0.453 e. The minimum Gasteiger partial charge on any atom is -0.453 e. The maximum Gasteiger partial charge on any atom is 0.434 e. The van der Waals surface area contributed by atoms with Gasteiger partial charge in [-0.3, -0.25) is 4.79 Å². The van der Waals surface area contributed by atoms with E-state index < -0.39 is 29.2 Å². The molecule has 0 radical (unpaired) electrons. The highest BCUT2D eigenvalue weighted by molar-refractivity contribution is 6.34. The van der Waals surface area contributed by atoms with Gasteiger partial charge in [-0.15, -0.1) is 0 Å². The number of rotatable bonds is 5. The standard InChI is InChI=1S/C20H12ClF4N7O2/c21-15-14(4-7-27-17(15)26)34-13-3-2-10(8-12(13)22)31-18(33)11-9-30-32(16(11)20(23,24)25)19-28-5-1-6-29-19/h1-9H,(H2,26,27)(H,31,33). The summed E-state index contributed by atoms with van der Waals surface area (Å²) in [4.78, 5) is 23.8. The number of ether oxygens (including phenoxy) is 1. The normalized spacial score (nSPS) is 11.3. The van der Waals surface area contributed by atoms with Crippen LogP contribution in [-0.4, -0.2) is 30.6 Å². The Morgan fingerprint density at radius 1 is 1.09 bits per heavy atom. The van der Waals surface area contributed by atoms with Gasteiger partial charge >= 0.3 is 6.18 Å². The molecule has 3 heterocycles. The quantitative estimate of drug-likeness (QED) is 0.393. The number of aromatic nitrogens is 5. The molecular formula is C20H12ClF4N7O2. The fourth-order valence-corrected chi connectivity index (χ4v) is 2.99. The van der Waals surface area contributed by atoms with Crippen molar-refractivity contribution in [2.75, 3.05) is 11.1 Å². The Morgan fingerprint density at radius 2 is 1.82 bits per heavy atom. The van der Waals surface area contributed by atoms with E-state index in [0.717, 1.165) is 18.3 Å². The van der Waals surface area contributed by atoms with E-state index in [2.05, 4.69) is 25.4 Å². The lowest BCUT2D eigenvalue weighted by atomic mass is 10.2. The number of nitrogens with one attached hydrogen (secondary N) is 1. The van der Waals surface area contributed by atoms with Gasteiger partial charge in [0.1, 0.15) is 10.8 Å². The first-order chi connectivity index (χ1) is 16.1. The van der Waals surface area contributed by atoms with Crippen molar-refractivity contribution in [2.45, 2.75) is 6.18 Å². The molecule has 0 aliphatic rings. The predicted octanol–water partition coefficient (Wildman–Crippen LogP) is 4.50. The molecule has 0 fully saturated rings. The van der Waals surface area contributed by atoms with Crippen LogP contribution >= 0.6 is 11.6 Å². The maximum atomic E-state index is 14.5. The van der Waals surface area contributed by atoms with E-state index in [-0.39, 0.29) is 34.0 Å². The maximum absolute atomic E-state index is 14.5. The lowest BCUT2D eigenvalue weighted by Crippen LogP contribution is -2.21. The van der Waals surface area contributed by atoms with Gasteiger partial charge in [-0.1, -0.05) is 11.6 Å². The molecule has 4 rings (SSSR count). The van der Waals surface area contributed by atoms with Gasteiger partial charge in [0.25, 0.3) is 11.9 Å². The van der Waals surface area contributed by atoms with E-state index in [0.29, 0.717) is 4.68 Å². The number of anilines is 2. The Balaban J connectivity index is 1.59. The zero-order chi connectivity index (χ0) is 24.5. The number of nitrogens with two attached hydrogens (primary N) is 1. The van der Waals surface area contributed by atoms with Crippen molar-refractivity contribution in [3.8, 4) is 17.4 Å². The van der Waals surface area contributed by atoms with Crippen molar-refractivity contribution in [1.29, 1.82) is 0 Å². The third-order valence-corrected chi connectivity index (χ3v) is 4.69. The summed E-state index contributed by atoms with van der Waals surface area (Å²) in [5.41, 5.74) is 3.24. The summed E-state index contributed by atoms with van der Waals surface area (Å²) in [7, 11) is 0. The smallest absolute Gasteiger partial charge is 0.434 e. The Kier molecular flexibility index (Phi) is 6.03. The Bertz CT molecular complexity index is 1360. The topological polar surface area (TPSA) is 121 Å². The van der Waals surface area contributed by atoms with Gasteiger partial charge in [-0.05, 0) is 18.2 Å². The summed E-state index contributed by atoms with van der Waals surface area (Å²) in [6.07, 6.45) is -0.481. The van der Waals surface area contributed by atoms with Crippen LogP contribution in [0.3, 0.4) is 0 Å². The summed E-state index contributed by atoms with van der Waals surface area (Å²) in [6.45, 7) is 0. The predicted molar refractivity (Wildman–Crippen MR) is 112 cm³/mol. The molecule has 174 valence electrons. The first kappa shape index (κ1) is 22.9. The first-order valence-corrected chi connectivity index (χ1v) is 9.64. The number of carbonyl (C=O) groups excluding carboxylic acids is 1. The lowest BCUT2D eigenvalue weighted by molar-refractivity contribution is -0.143. The average Bonchev–Trinajstić information content (AvgIpc) is 3.25. The van der Waals surface area contributed by atoms with Crippen molar-refractivity contribution in [3.05, 3.63) is 77.2 Å². The molecule has 34 heavy (non-hydrogen) atoms. The highest BCUT2D eigenvalue weighted by Crippen LogP contribution is 2.35. The second-order valence-corrected chi connectivity index (χ2v) is 6.95. The third kappa shape index (κ3) is 4.59. The lowest BCUT2D eigenvalue weighted by Gasteiger charge is -2.12. The molecule has 0 aliphatic carbocycles. The van der Waals surface area contributed by atoms with Crippen LogP contribution in [0.5, 0.6) is 11.5 Å². The van der Waals surface area contributed by atoms with Crippen molar-refractivity contribution >= 4 is 29.0 Å². The summed E-state index contributed by atoms with van der Waals surface area (Å²) < 4.78 is 61.4. The zero-order valence-electron chi connectivity index (χ0n) is 16.7. The summed E-state index contributed by atoms with van der Waals surface area (Å²) in [6, 6.07) is 6.02. The molecule has 0 saturated carbocycles. The van der Waals surface area contributed by atoms with E-state index in [4.69, 9.17) is 22.1 Å². The highest BCUT2D eigenvalue weighted by Gasteiger charge is 2.41. The number of hydrogen-bond acceptors (Lipinski definition) is 7. The second-order valence-electron chi connectivity index (χ2n) is 6.57. The summed E-state index contributed by atoms with van der Waals surface area (Å²) >= 11 is 5.96. The van der Waals surface area contributed by atoms with Gasteiger partial charge in [0.2, 0.25) is 0 Å². The molecule has 0 unspecified atom stereocenters. The van der Waals surface area contributed by atoms with Crippen molar-refractivity contribution in [3.63, 3.8) is 0 Å². The van der Waals surface area contributed by atoms with Crippen LogP contribution in [0, 0.1) is 5.82 Å². The number of nitrogen functional groups attached to an aromatic ring is 1.